The minimum atomic E-state index is -0.745. The monoisotopic (exact) mass is 344 g/mol. The highest BCUT2D eigenvalue weighted by Crippen LogP contribution is 2.23. The SMILES string of the molecule is Nc1[nH]ncc1C(=O)NC(C(=O)OC1CCCCC1)C1C=CC=CC1. The van der Waals surface area contributed by atoms with E-state index in [1.807, 2.05) is 24.3 Å². The molecular weight excluding hydrogens is 320 g/mol. The summed E-state index contributed by atoms with van der Waals surface area (Å²) in [7, 11) is 0. The molecule has 0 radical (unpaired) electrons. The van der Waals surface area contributed by atoms with Gasteiger partial charge in [-0.3, -0.25) is 9.89 Å². The molecule has 2 aliphatic carbocycles. The number of nitrogen functional groups attached to an aromatic ring is 1. The number of aromatic amines is 1. The zero-order valence-corrected chi connectivity index (χ0v) is 14.1. The van der Waals surface area contributed by atoms with Crippen molar-refractivity contribution in [3.8, 4) is 0 Å². The van der Waals surface area contributed by atoms with Crippen LogP contribution in [0.15, 0.2) is 30.5 Å². The van der Waals surface area contributed by atoms with E-state index in [1.165, 1.54) is 12.6 Å². The summed E-state index contributed by atoms with van der Waals surface area (Å²) < 4.78 is 5.69. The molecule has 2 unspecified atom stereocenters. The van der Waals surface area contributed by atoms with Gasteiger partial charge in [0.2, 0.25) is 0 Å². The van der Waals surface area contributed by atoms with Gasteiger partial charge in [-0.05, 0) is 32.1 Å². The van der Waals surface area contributed by atoms with Gasteiger partial charge in [0.25, 0.3) is 5.91 Å². The molecule has 7 nitrogen and oxygen atoms in total. The number of nitrogens with zero attached hydrogens (tertiary/aromatic N) is 1. The smallest absolute Gasteiger partial charge is 0.329 e. The molecule has 1 saturated carbocycles. The maximum Gasteiger partial charge on any atom is 0.329 e. The molecule has 7 heteroatoms. The number of rotatable bonds is 5. The van der Waals surface area contributed by atoms with E-state index in [0.29, 0.717) is 6.42 Å². The van der Waals surface area contributed by atoms with Crippen molar-refractivity contribution in [3.63, 3.8) is 0 Å². The van der Waals surface area contributed by atoms with Crippen molar-refractivity contribution in [1.82, 2.24) is 15.5 Å². The second kappa shape index (κ2) is 8.00. The molecule has 0 aromatic carbocycles. The van der Waals surface area contributed by atoms with Crippen molar-refractivity contribution in [2.24, 2.45) is 5.92 Å². The summed E-state index contributed by atoms with van der Waals surface area (Å²) in [6.45, 7) is 0. The lowest BCUT2D eigenvalue weighted by Gasteiger charge is -2.28. The molecule has 1 aromatic heterocycles. The molecule has 1 fully saturated rings. The fraction of sp³-hybridized carbons (Fsp3) is 0.500. The first-order valence-corrected chi connectivity index (χ1v) is 8.78. The number of hydrogen-bond acceptors (Lipinski definition) is 5. The van der Waals surface area contributed by atoms with Gasteiger partial charge in [-0.15, -0.1) is 0 Å². The van der Waals surface area contributed by atoms with E-state index in [9.17, 15) is 9.59 Å². The molecule has 25 heavy (non-hydrogen) atoms. The number of amides is 1. The first kappa shape index (κ1) is 17.3. The summed E-state index contributed by atoms with van der Waals surface area (Å²) in [6, 6.07) is -0.745. The van der Waals surface area contributed by atoms with E-state index in [4.69, 9.17) is 10.5 Å². The summed E-state index contributed by atoms with van der Waals surface area (Å²) in [5.74, 6) is -0.777. The molecule has 4 N–H and O–H groups in total. The summed E-state index contributed by atoms with van der Waals surface area (Å²) in [4.78, 5) is 25.2. The van der Waals surface area contributed by atoms with Crippen LogP contribution in [0.4, 0.5) is 5.82 Å². The Morgan fingerprint density at radius 2 is 2.08 bits per heavy atom. The van der Waals surface area contributed by atoms with Gasteiger partial charge in [0.15, 0.2) is 0 Å². The predicted octanol–water partition coefficient (Wildman–Crippen LogP) is 2.10. The predicted molar refractivity (Wildman–Crippen MR) is 93.6 cm³/mol. The third-order valence-electron chi connectivity index (χ3n) is 4.73. The van der Waals surface area contributed by atoms with Crippen molar-refractivity contribution in [2.75, 3.05) is 5.73 Å². The van der Waals surface area contributed by atoms with Crippen LogP contribution in [0, 0.1) is 5.92 Å². The largest absolute Gasteiger partial charge is 0.461 e. The van der Waals surface area contributed by atoms with Crippen molar-refractivity contribution in [2.45, 2.75) is 50.7 Å². The quantitative estimate of drug-likeness (QED) is 0.709. The van der Waals surface area contributed by atoms with Crippen molar-refractivity contribution < 1.29 is 14.3 Å². The number of hydrogen-bond donors (Lipinski definition) is 3. The number of nitrogens with one attached hydrogen (secondary N) is 2. The summed E-state index contributed by atoms with van der Waals surface area (Å²) in [5.41, 5.74) is 5.93. The lowest BCUT2D eigenvalue weighted by Crippen LogP contribution is -2.47. The van der Waals surface area contributed by atoms with Crippen LogP contribution in [0.3, 0.4) is 0 Å². The van der Waals surface area contributed by atoms with Gasteiger partial charge in [-0.1, -0.05) is 30.7 Å². The van der Waals surface area contributed by atoms with Crippen LogP contribution < -0.4 is 11.1 Å². The molecule has 0 bridgehead atoms. The maximum absolute atomic E-state index is 12.8. The summed E-state index contributed by atoms with van der Waals surface area (Å²) in [5, 5.41) is 9.05. The lowest BCUT2D eigenvalue weighted by molar-refractivity contribution is -0.153. The lowest BCUT2D eigenvalue weighted by atomic mass is 9.92. The Morgan fingerprint density at radius 1 is 1.28 bits per heavy atom. The zero-order valence-electron chi connectivity index (χ0n) is 14.1. The van der Waals surface area contributed by atoms with Gasteiger partial charge >= 0.3 is 5.97 Å². The molecule has 1 heterocycles. The summed E-state index contributed by atoms with van der Waals surface area (Å²) >= 11 is 0. The minimum Gasteiger partial charge on any atom is -0.461 e. The molecule has 134 valence electrons. The van der Waals surface area contributed by atoms with Crippen LogP contribution in [0.2, 0.25) is 0 Å². The first-order chi connectivity index (χ1) is 12.1. The van der Waals surface area contributed by atoms with E-state index in [2.05, 4.69) is 15.5 Å². The Kier molecular flexibility index (Phi) is 5.53. The van der Waals surface area contributed by atoms with Crippen LogP contribution in [-0.4, -0.2) is 34.2 Å². The second-order valence-electron chi connectivity index (χ2n) is 6.56. The highest BCUT2D eigenvalue weighted by molar-refractivity contribution is 6.00. The standard InChI is InChI=1S/C18H24N4O3/c19-16-14(11-20-22-16)17(23)21-15(12-7-3-1-4-8-12)18(24)25-13-9-5-2-6-10-13/h1,3-4,7,11-13,15H,2,5-6,8-10H2,(H,21,23)(H3,19,20,22). The molecule has 2 atom stereocenters. The first-order valence-electron chi connectivity index (χ1n) is 8.78. The molecule has 0 aliphatic heterocycles. The fourth-order valence-corrected chi connectivity index (χ4v) is 3.30. The number of ether oxygens (including phenoxy) is 1. The molecule has 1 amide bonds. The minimum absolute atomic E-state index is 0.0530. The number of allylic oxidation sites excluding steroid dienone is 3. The average molecular weight is 344 g/mol. The highest BCUT2D eigenvalue weighted by Gasteiger charge is 2.32. The van der Waals surface area contributed by atoms with Crippen LogP contribution in [-0.2, 0) is 9.53 Å². The molecular formula is C18H24N4O3. The van der Waals surface area contributed by atoms with Gasteiger partial charge in [-0.25, -0.2) is 4.79 Å². The van der Waals surface area contributed by atoms with E-state index in [-0.39, 0.29) is 29.4 Å². The molecule has 3 rings (SSSR count). The number of carbonyl (C=O) groups is 2. The van der Waals surface area contributed by atoms with Crippen LogP contribution in [0.5, 0.6) is 0 Å². The van der Waals surface area contributed by atoms with Crippen LogP contribution in [0.25, 0.3) is 0 Å². The Balaban J connectivity index is 1.71. The topological polar surface area (TPSA) is 110 Å². The van der Waals surface area contributed by atoms with E-state index in [1.54, 1.807) is 0 Å². The Morgan fingerprint density at radius 3 is 2.72 bits per heavy atom. The van der Waals surface area contributed by atoms with Crippen molar-refractivity contribution in [3.05, 3.63) is 36.1 Å². The number of anilines is 1. The number of esters is 1. The summed E-state index contributed by atoms with van der Waals surface area (Å²) in [6.07, 6.45) is 14.8. The molecule has 0 spiro atoms. The molecule has 1 aromatic rings. The van der Waals surface area contributed by atoms with E-state index in [0.717, 1.165) is 25.7 Å². The van der Waals surface area contributed by atoms with Gasteiger partial charge in [0.1, 0.15) is 23.5 Å². The Labute approximate surface area is 146 Å². The average Bonchev–Trinajstić information content (AvgIpc) is 3.07. The van der Waals surface area contributed by atoms with Crippen molar-refractivity contribution >= 4 is 17.7 Å². The van der Waals surface area contributed by atoms with E-state index >= 15 is 0 Å². The molecule has 0 saturated heterocycles. The van der Waals surface area contributed by atoms with Crippen LogP contribution in [0.1, 0.15) is 48.9 Å². The number of aromatic nitrogens is 2. The Hall–Kier alpha value is -2.57. The number of carbonyl (C=O) groups excluding carboxylic acids is 2. The van der Waals surface area contributed by atoms with Crippen LogP contribution >= 0.6 is 0 Å². The highest BCUT2D eigenvalue weighted by atomic mass is 16.5. The van der Waals surface area contributed by atoms with Gasteiger partial charge in [-0.2, -0.15) is 5.10 Å². The van der Waals surface area contributed by atoms with Gasteiger partial charge in [0, 0.05) is 5.92 Å². The van der Waals surface area contributed by atoms with Crippen molar-refractivity contribution in [1.29, 1.82) is 0 Å². The Bertz CT molecular complexity index is 674. The fourth-order valence-electron chi connectivity index (χ4n) is 3.30. The normalized spacial score (nSPS) is 21.7. The van der Waals surface area contributed by atoms with Gasteiger partial charge < -0.3 is 15.8 Å². The molecule has 2 aliphatic rings. The number of nitrogens with two attached hydrogens (primary N) is 1. The third kappa shape index (κ3) is 4.29. The van der Waals surface area contributed by atoms with E-state index < -0.39 is 11.9 Å². The zero-order chi connectivity index (χ0) is 17.6. The maximum atomic E-state index is 12.8. The third-order valence-corrected chi connectivity index (χ3v) is 4.73. The van der Waals surface area contributed by atoms with Gasteiger partial charge in [0.05, 0.1) is 6.20 Å². The second-order valence-corrected chi connectivity index (χ2v) is 6.56. The number of H-pyrrole nitrogens is 1.